The number of hydrogen-bond donors (Lipinski definition) is 0. The molecule has 2 heteroatoms. The molecular formula is C8H17BrO. The van der Waals surface area contributed by atoms with Crippen molar-refractivity contribution in [1.82, 2.24) is 0 Å². The van der Waals surface area contributed by atoms with Crippen LogP contribution >= 0.6 is 15.9 Å². The molecule has 0 aliphatic rings. The van der Waals surface area contributed by atoms with Gasteiger partial charge < -0.3 is 4.74 Å². The highest BCUT2D eigenvalue weighted by molar-refractivity contribution is 9.09. The van der Waals surface area contributed by atoms with Gasteiger partial charge in [0.05, 0.1) is 0 Å². The van der Waals surface area contributed by atoms with E-state index in [1.807, 2.05) is 6.92 Å². The lowest BCUT2D eigenvalue weighted by molar-refractivity contribution is 0.143. The fourth-order valence-electron chi connectivity index (χ4n) is 0.774. The molecule has 0 aromatic rings. The molecule has 0 aliphatic heterocycles. The normalized spacial score (nSPS) is 13.5. The maximum atomic E-state index is 5.20. The van der Waals surface area contributed by atoms with Crippen LogP contribution in [0, 0.1) is 0 Å². The molecular weight excluding hydrogens is 192 g/mol. The number of ether oxygens (including phenoxy) is 1. The molecule has 0 aliphatic carbocycles. The summed E-state index contributed by atoms with van der Waals surface area (Å²) in [6, 6.07) is 0. The summed E-state index contributed by atoms with van der Waals surface area (Å²) in [7, 11) is 0. The summed E-state index contributed by atoms with van der Waals surface area (Å²) in [6.07, 6.45) is 3.73. The average Bonchev–Trinajstić information content (AvgIpc) is 1.87. The monoisotopic (exact) mass is 208 g/mol. The standard InChI is InChI=1S/C8H17BrO/c1-3-10-7-5-4-6-8(2)9/h8H,3-7H2,1-2H3. The third-order valence-corrected chi connectivity index (χ3v) is 1.80. The van der Waals surface area contributed by atoms with Gasteiger partial charge >= 0.3 is 0 Å². The van der Waals surface area contributed by atoms with E-state index in [1.165, 1.54) is 19.3 Å². The van der Waals surface area contributed by atoms with E-state index in [0.29, 0.717) is 4.83 Å². The van der Waals surface area contributed by atoms with Crippen LogP contribution in [0.2, 0.25) is 0 Å². The van der Waals surface area contributed by atoms with E-state index in [1.54, 1.807) is 0 Å². The fraction of sp³-hybridized carbons (Fsp3) is 1.00. The first kappa shape index (κ1) is 10.4. The Kier molecular flexibility index (Phi) is 7.88. The second-order valence-electron chi connectivity index (χ2n) is 2.47. The number of halogens is 1. The van der Waals surface area contributed by atoms with Crippen molar-refractivity contribution in [3.8, 4) is 0 Å². The van der Waals surface area contributed by atoms with Gasteiger partial charge in [-0.3, -0.25) is 0 Å². The van der Waals surface area contributed by atoms with Crippen molar-refractivity contribution in [2.45, 2.75) is 37.9 Å². The minimum atomic E-state index is 0.661. The van der Waals surface area contributed by atoms with Crippen molar-refractivity contribution >= 4 is 15.9 Å². The van der Waals surface area contributed by atoms with Crippen molar-refractivity contribution in [2.75, 3.05) is 13.2 Å². The zero-order valence-electron chi connectivity index (χ0n) is 6.90. The summed E-state index contributed by atoms with van der Waals surface area (Å²) in [4.78, 5) is 0.661. The molecule has 0 aromatic heterocycles. The van der Waals surface area contributed by atoms with Crippen LogP contribution in [0.5, 0.6) is 0 Å². The van der Waals surface area contributed by atoms with Crippen LogP contribution in [0.15, 0.2) is 0 Å². The molecule has 0 aromatic carbocycles. The zero-order valence-corrected chi connectivity index (χ0v) is 8.49. The first-order valence-electron chi connectivity index (χ1n) is 3.99. The van der Waals surface area contributed by atoms with Crippen LogP contribution in [-0.2, 0) is 4.74 Å². The van der Waals surface area contributed by atoms with Gasteiger partial charge in [-0.15, -0.1) is 0 Å². The van der Waals surface area contributed by atoms with Gasteiger partial charge in [0.1, 0.15) is 0 Å². The lowest BCUT2D eigenvalue weighted by Crippen LogP contribution is -1.95. The van der Waals surface area contributed by atoms with Crippen LogP contribution in [-0.4, -0.2) is 18.0 Å². The fourth-order valence-corrected chi connectivity index (χ4v) is 1.10. The van der Waals surface area contributed by atoms with Gasteiger partial charge in [-0.05, 0) is 19.8 Å². The lowest BCUT2D eigenvalue weighted by Gasteiger charge is -2.02. The van der Waals surface area contributed by atoms with E-state index in [-0.39, 0.29) is 0 Å². The molecule has 0 N–H and O–H groups in total. The number of rotatable bonds is 6. The van der Waals surface area contributed by atoms with Crippen LogP contribution in [0.3, 0.4) is 0 Å². The Bertz CT molecular complexity index is 64.3. The molecule has 1 nitrogen and oxygen atoms in total. The Hall–Kier alpha value is 0.440. The van der Waals surface area contributed by atoms with Crippen LogP contribution in [0.25, 0.3) is 0 Å². The molecule has 0 rings (SSSR count). The molecule has 62 valence electrons. The lowest BCUT2D eigenvalue weighted by atomic mass is 10.2. The van der Waals surface area contributed by atoms with Crippen molar-refractivity contribution in [2.24, 2.45) is 0 Å². The van der Waals surface area contributed by atoms with E-state index in [2.05, 4.69) is 22.9 Å². The molecule has 0 spiro atoms. The van der Waals surface area contributed by atoms with Crippen molar-refractivity contribution in [3.05, 3.63) is 0 Å². The Balaban J connectivity index is 2.77. The Morgan fingerprint density at radius 1 is 1.40 bits per heavy atom. The van der Waals surface area contributed by atoms with Crippen LogP contribution in [0.4, 0.5) is 0 Å². The Morgan fingerprint density at radius 3 is 2.60 bits per heavy atom. The average molecular weight is 209 g/mol. The van der Waals surface area contributed by atoms with Gasteiger partial charge in [-0.1, -0.05) is 29.3 Å². The van der Waals surface area contributed by atoms with E-state index < -0.39 is 0 Å². The summed E-state index contributed by atoms with van der Waals surface area (Å²) in [5.41, 5.74) is 0. The molecule has 10 heavy (non-hydrogen) atoms. The topological polar surface area (TPSA) is 9.23 Å². The van der Waals surface area contributed by atoms with Crippen molar-refractivity contribution < 1.29 is 4.74 Å². The summed E-state index contributed by atoms with van der Waals surface area (Å²) >= 11 is 3.50. The predicted molar refractivity (Wildman–Crippen MR) is 48.7 cm³/mol. The molecule has 0 saturated heterocycles. The van der Waals surface area contributed by atoms with Crippen molar-refractivity contribution in [3.63, 3.8) is 0 Å². The Morgan fingerprint density at radius 2 is 2.10 bits per heavy atom. The minimum absolute atomic E-state index is 0.661. The maximum absolute atomic E-state index is 5.20. The first-order valence-corrected chi connectivity index (χ1v) is 4.90. The van der Waals surface area contributed by atoms with E-state index in [0.717, 1.165) is 13.2 Å². The second-order valence-corrected chi connectivity index (χ2v) is 4.04. The highest BCUT2D eigenvalue weighted by Gasteiger charge is 1.94. The first-order chi connectivity index (χ1) is 4.77. The number of unbranched alkanes of at least 4 members (excludes halogenated alkanes) is 1. The second kappa shape index (κ2) is 7.55. The van der Waals surface area contributed by atoms with Gasteiger partial charge in [-0.25, -0.2) is 0 Å². The predicted octanol–water partition coefficient (Wildman–Crippen LogP) is 2.98. The van der Waals surface area contributed by atoms with Crippen LogP contribution in [0.1, 0.15) is 33.1 Å². The van der Waals surface area contributed by atoms with Crippen molar-refractivity contribution in [1.29, 1.82) is 0 Å². The third-order valence-electron chi connectivity index (χ3n) is 1.34. The molecule has 0 fully saturated rings. The smallest absolute Gasteiger partial charge is 0.0465 e. The number of alkyl halides is 1. The highest BCUT2D eigenvalue weighted by atomic mass is 79.9. The van der Waals surface area contributed by atoms with E-state index >= 15 is 0 Å². The van der Waals surface area contributed by atoms with E-state index in [4.69, 9.17) is 4.74 Å². The SMILES string of the molecule is CCOCCCCC(C)Br. The summed E-state index contributed by atoms with van der Waals surface area (Å²) < 4.78 is 5.20. The maximum Gasteiger partial charge on any atom is 0.0465 e. The quantitative estimate of drug-likeness (QED) is 0.482. The molecule has 0 radical (unpaired) electrons. The molecule has 0 heterocycles. The molecule has 0 amide bonds. The summed E-state index contributed by atoms with van der Waals surface area (Å²) in [6.45, 7) is 5.99. The molecule has 0 bridgehead atoms. The van der Waals surface area contributed by atoms with Gasteiger partial charge in [0.25, 0.3) is 0 Å². The van der Waals surface area contributed by atoms with Gasteiger partial charge in [0, 0.05) is 18.0 Å². The largest absolute Gasteiger partial charge is 0.382 e. The highest BCUT2D eigenvalue weighted by Crippen LogP contribution is 2.07. The molecule has 0 saturated carbocycles. The van der Waals surface area contributed by atoms with Crippen LogP contribution < -0.4 is 0 Å². The van der Waals surface area contributed by atoms with Gasteiger partial charge in [0.15, 0.2) is 0 Å². The molecule has 1 atom stereocenters. The third kappa shape index (κ3) is 8.44. The van der Waals surface area contributed by atoms with Gasteiger partial charge in [0.2, 0.25) is 0 Å². The zero-order chi connectivity index (χ0) is 7.82. The Labute approximate surface area is 72.3 Å². The summed E-state index contributed by atoms with van der Waals surface area (Å²) in [5, 5.41) is 0. The number of hydrogen-bond acceptors (Lipinski definition) is 1. The summed E-state index contributed by atoms with van der Waals surface area (Å²) in [5.74, 6) is 0. The minimum Gasteiger partial charge on any atom is -0.382 e. The van der Waals surface area contributed by atoms with E-state index in [9.17, 15) is 0 Å². The van der Waals surface area contributed by atoms with Gasteiger partial charge in [-0.2, -0.15) is 0 Å². The molecule has 1 unspecified atom stereocenters.